The van der Waals surface area contributed by atoms with Gasteiger partial charge in [0, 0.05) is 36.7 Å². The first-order valence-corrected chi connectivity index (χ1v) is 13.0. The second kappa shape index (κ2) is 11.6. The van der Waals surface area contributed by atoms with Crippen molar-refractivity contribution in [1.82, 2.24) is 5.32 Å². The highest BCUT2D eigenvalue weighted by Crippen LogP contribution is 2.30. The molecule has 6 heteroatoms. The van der Waals surface area contributed by atoms with Crippen LogP contribution in [0.15, 0.2) is 97.1 Å². The zero-order valence-corrected chi connectivity index (χ0v) is 21.5. The minimum atomic E-state index is -0.352. The largest absolute Gasteiger partial charge is 0.366 e. The lowest BCUT2D eigenvalue weighted by atomic mass is 9.98. The molecule has 0 radical (unpaired) electrons. The third-order valence-electron chi connectivity index (χ3n) is 6.91. The van der Waals surface area contributed by atoms with Gasteiger partial charge in [-0.05, 0) is 66.3 Å². The summed E-state index contributed by atoms with van der Waals surface area (Å²) >= 11 is 0. The van der Waals surface area contributed by atoms with Gasteiger partial charge in [0.25, 0.3) is 5.91 Å². The number of nitrogens with zero attached hydrogens (tertiary/aromatic N) is 1. The van der Waals surface area contributed by atoms with Gasteiger partial charge in [-0.25, -0.2) is 4.79 Å². The zero-order valence-electron chi connectivity index (χ0n) is 21.5. The number of carbonyl (C=O) groups excluding carboxylic acids is 2. The van der Waals surface area contributed by atoms with E-state index in [0.717, 1.165) is 42.9 Å². The van der Waals surface area contributed by atoms with Crippen LogP contribution in [-0.4, -0.2) is 25.0 Å². The summed E-state index contributed by atoms with van der Waals surface area (Å²) in [7, 11) is 0. The van der Waals surface area contributed by atoms with E-state index in [0.29, 0.717) is 17.8 Å². The minimum absolute atomic E-state index is 0.155. The number of benzene rings is 4. The molecule has 0 unspecified atom stereocenters. The Morgan fingerprint density at radius 1 is 0.816 bits per heavy atom. The Morgan fingerprint density at radius 2 is 1.55 bits per heavy atom. The number of urea groups is 1. The molecular formula is C32H32N4O2. The molecule has 192 valence electrons. The number of carbonyl (C=O) groups is 2. The molecule has 0 aliphatic carbocycles. The number of amides is 3. The molecular weight excluding hydrogens is 472 g/mol. The molecule has 1 heterocycles. The summed E-state index contributed by atoms with van der Waals surface area (Å²) in [4.78, 5) is 28.4. The molecule has 3 amide bonds. The zero-order chi connectivity index (χ0) is 26.3. The smallest absolute Gasteiger partial charge is 0.323 e. The number of fused-ring (bicyclic) bond motifs is 1. The van der Waals surface area contributed by atoms with E-state index in [1.807, 2.05) is 61.5 Å². The topological polar surface area (TPSA) is 73.5 Å². The molecule has 0 fully saturated rings. The van der Waals surface area contributed by atoms with E-state index >= 15 is 0 Å². The van der Waals surface area contributed by atoms with Gasteiger partial charge in [-0.2, -0.15) is 0 Å². The molecule has 0 bridgehead atoms. The Kier molecular flexibility index (Phi) is 7.69. The van der Waals surface area contributed by atoms with Crippen molar-refractivity contribution >= 4 is 29.0 Å². The van der Waals surface area contributed by atoms with Crippen molar-refractivity contribution in [2.24, 2.45) is 0 Å². The molecule has 5 rings (SSSR count). The number of rotatable bonds is 7. The maximum absolute atomic E-state index is 13.5. The Balaban J connectivity index is 1.35. The Hall–Kier alpha value is -4.58. The van der Waals surface area contributed by atoms with Gasteiger partial charge in [0.15, 0.2) is 0 Å². The van der Waals surface area contributed by atoms with Crippen molar-refractivity contribution < 1.29 is 9.59 Å². The van der Waals surface area contributed by atoms with Crippen molar-refractivity contribution in [3.8, 4) is 0 Å². The fraction of sp³-hybridized carbons (Fsp3) is 0.188. The van der Waals surface area contributed by atoms with E-state index in [2.05, 4.69) is 57.2 Å². The molecule has 0 saturated carbocycles. The highest BCUT2D eigenvalue weighted by atomic mass is 16.2. The van der Waals surface area contributed by atoms with Crippen LogP contribution in [0.1, 0.15) is 32.6 Å². The lowest BCUT2D eigenvalue weighted by Crippen LogP contribution is -2.33. The lowest BCUT2D eigenvalue weighted by molar-refractivity contribution is 0.0954. The Labute approximate surface area is 223 Å². The van der Waals surface area contributed by atoms with E-state index in [4.69, 9.17) is 0 Å². The van der Waals surface area contributed by atoms with Crippen molar-refractivity contribution in [3.63, 3.8) is 0 Å². The highest BCUT2D eigenvalue weighted by Gasteiger charge is 2.22. The quantitative estimate of drug-likeness (QED) is 0.282. The number of para-hydroxylation sites is 1. The van der Waals surface area contributed by atoms with Crippen LogP contribution in [0.3, 0.4) is 0 Å². The predicted octanol–water partition coefficient (Wildman–Crippen LogP) is 6.17. The van der Waals surface area contributed by atoms with Crippen molar-refractivity contribution in [1.29, 1.82) is 0 Å². The molecule has 0 spiro atoms. The van der Waals surface area contributed by atoms with Crippen LogP contribution in [0.2, 0.25) is 0 Å². The lowest BCUT2D eigenvalue weighted by Gasteiger charge is -2.32. The summed E-state index contributed by atoms with van der Waals surface area (Å²) in [6.45, 7) is 4.03. The standard InChI is InChI=1S/C32H32N4O2/c1-23-9-5-8-14-29(23)35-32(38)34-27-15-16-30(36-20-18-25-12-6-7-13-26(25)22-36)28(21-27)31(37)33-19-17-24-10-3-2-4-11-24/h2-16,21H,17-20,22H2,1H3,(H,33,37)(H2,34,35,38). The van der Waals surface area contributed by atoms with Gasteiger partial charge in [-0.15, -0.1) is 0 Å². The van der Waals surface area contributed by atoms with Crippen LogP contribution < -0.4 is 20.9 Å². The van der Waals surface area contributed by atoms with Gasteiger partial charge in [-0.3, -0.25) is 4.79 Å². The maximum Gasteiger partial charge on any atom is 0.323 e. The predicted molar refractivity (Wildman–Crippen MR) is 154 cm³/mol. The summed E-state index contributed by atoms with van der Waals surface area (Å²) < 4.78 is 0. The number of anilines is 3. The first-order valence-electron chi connectivity index (χ1n) is 13.0. The van der Waals surface area contributed by atoms with Gasteiger partial charge in [0.1, 0.15) is 0 Å². The second-order valence-corrected chi connectivity index (χ2v) is 9.56. The summed E-state index contributed by atoms with van der Waals surface area (Å²) in [6, 6.07) is 31.4. The molecule has 0 saturated heterocycles. The number of hydrogen-bond acceptors (Lipinski definition) is 3. The average molecular weight is 505 g/mol. The normalized spacial score (nSPS) is 12.4. The SMILES string of the molecule is Cc1ccccc1NC(=O)Nc1ccc(N2CCc3ccccc3C2)c(C(=O)NCCc2ccccc2)c1. The number of nitrogens with one attached hydrogen (secondary N) is 3. The van der Waals surface area contributed by atoms with E-state index in [9.17, 15) is 9.59 Å². The molecule has 0 atom stereocenters. The number of hydrogen-bond donors (Lipinski definition) is 3. The second-order valence-electron chi connectivity index (χ2n) is 9.56. The van der Waals surface area contributed by atoms with Crippen LogP contribution in [0, 0.1) is 6.92 Å². The Morgan fingerprint density at radius 3 is 2.37 bits per heavy atom. The molecule has 6 nitrogen and oxygen atoms in total. The van der Waals surface area contributed by atoms with Crippen LogP contribution in [-0.2, 0) is 19.4 Å². The fourth-order valence-corrected chi connectivity index (χ4v) is 4.83. The van der Waals surface area contributed by atoms with Gasteiger partial charge in [0.05, 0.1) is 5.56 Å². The van der Waals surface area contributed by atoms with Crippen LogP contribution >= 0.6 is 0 Å². The number of aryl methyl sites for hydroxylation is 1. The van der Waals surface area contributed by atoms with E-state index < -0.39 is 0 Å². The first kappa shape index (κ1) is 25.1. The molecule has 38 heavy (non-hydrogen) atoms. The van der Waals surface area contributed by atoms with Gasteiger partial charge >= 0.3 is 6.03 Å². The summed E-state index contributed by atoms with van der Waals surface area (Å²) in [6.07, 6.45) is 1.67. The first-order chi connectivity index (χ1) is 18.6. The van der Waals surface area contributed by atoms with Crippen molar-refractivity contribution in [2.45, 2.75) is 26.3 Å². The monoisotopic (exact) mass is 504 g/mol. The average Bonchev–Trinajstić information content (AvgIpc) is 2.94. The van der Waals surface area contributed by atoms with Crippen LogP contribution in [0.5, 0.6) is 0 Å². The summed E-state index contributed by atoms with van der Waals surface area (Å²) in [5.74, 6) is -0.155. The van der Waals surface area contributed by atoms with Crippen LogP contribution in [0.4, 0.5) is 21.9 Å². The molecule has 3 N–H and O–H groups in total. The molecule has 4 aromatic carbocycles. The van der Waals surface area contributed by atoms with Gasteiger partial charge < -0.3 is 20.9 Å². The summed E-state index contributed by atoms with van der Waals surface area (Å²) in [5.41, 5.74) is 7.48. The summed E-state index contributed by atoms with van der Waals surface area (Å²) in [5, 5.41) is 8.86. The third-order valence-corrected chi connectivity index (χ3v) is 6.91. The van der Waals surface area contributed by atoms with E-state index in [1.165, 1.54) is 16.7 Å². The molecule has 4 aromatic rings. The third kappa shape index (κ3) is 6.03. The van der Waals surface area contributed by atoms with Gasteiger partial charge in [-0.1, -0.05) is 72.8 Å². The fourth-order valence-electron chi connectivity index (χ4n) is 4.83. The van der Waals surface area contributed by atoms with Crippen LogP contribution in [0.25, 0.3) is 0 Å². The van der Waals surface area contributed by atoms with Gasteiger partial charge in [0.2, 0.25) is 0 Å². The Bertz CT molecular complexity index is 1430. The maximum atomic E-state index is 13.5. The minimum Gasteiger partial charge on any atom is -0.366 e. The van der Waals surface area contributed by atoms with Crippen molar-refractivity contribution in [2.75, 3.05) is 28.6 Å². The molecule has 0 aromatic heterocycles. The highest BCUT2D eigenvalue weighted by molar-refractivity contribution is 6.04. The van der Waals surface area contributed by atoms with Crippen molar-refractivity contribution in [3.05, 3.63) is 125 Å². The van der Waals surface area contributed by atoms with E-state index in [1.54, 1.807) is 6.07 Å². The molecule has 1 aliphatic heterocycles. The molecule has 1 aliphatic rings. The van der Waals surface area contributed by atoms with E-state index in [-0.39, 0.29) is 11.9 Å².